The molecule has 1 saturated carbocycles. The van der Waals surface area contributed by atoms with E-state index in [4.69, 9.17) is 18.5 Å². The summed E-state index contributed by atoms with van der Waals surface area (Å²) in [6.07, 6.45) is 3.23. The molecule has 1 aliphatic rings. The van der Waals surface area contributed by atoms with E-state index in [1.807, 2.05) is 0 Å². The van der Waals surface area contributed by atoms with Gasteiger partial charge in [-0.05, 0) is 25.0 Å². The second kappa shape index (κ2) is 29.7. The van der Waals surface area contributed by atoms with Crippen molar-refractivity contribution in [3.05, 3.63) is 0 Å². The fraction of sp³-hybridized carbons (Fsp3) is 0.941. The molecule has 0 aromatic carbocycles. The minimum atomic E-state index is -5.54. The molecule has 338 valence electrons. The zero-order valence-corrected chi connectivity index (χ0v) is 36.4. The lowest BCUT2D eigenvalue weighted by Crippen LogP contribution is -2.65. The molecule has 4 unspecified atom stereocenters. The Labute approximate surface area is 341 Å². The molecule has 0 spiro atoms. The Morgan fingerprint density at radius 1 is 0.544 bits per heavy atom. The maximum absolute atomic E-state index is 13.0. The van der Waals surface area contributed by atoms with E-state index in [0.29, 0.717) is 12.8 Å². The van der Waals surface area contributed by atoms with E-state index in [9.17, 15) is 63.1 Å². The van der Waals surface area contributed by atoms with Crippen LogP contribution in [-0.2, 0) is 50.9 Å². The molecular weight excluding hydrogens is 837 g/mol. The van der Waals surface area contributed by atoms with Crippen molar-refractivity contribution in [2.24, 2.45) is 0 Å². The summed E-state index contributed by atoms with van der Waals surface area (Å²) in [5.74, 6) is -0.526. The van der Waals surface area contributed by atoms with Crippen LogP contribution in [0.25, 0.3) is 0 Å². The number of hydrogen-bond acceptors (Lipinski definition) is 15. The van der Waals surface area contributed by atoms with Gasteiger partial charge in [-0.15, -0.1) is 0 Å². The Balaban J connectivity index is 2.83. The van der Waals surface area contributed by atoms with Gasteiger partial charge in [-0.25, -0.2) is 13.7 Å². The number of phosphoric acid groups is 3. The highest BCUT2D eigenvalue weighted by Gasteiger charge is 2.56. The van der Waals surface area contributed by atoms with Crippen LogP contribution in [-0.4, -0.2) is 113 Å². The molecule has 0 bridgehead atoms. The van der Waals surface area contributed by atoms with E-state index in [-0.39, 0.29) is 12.8 Å². The van der Waals surface area contributed by atoms with Gasteiger partial charge < -0.3 is 49.3 Å². The van der Waals surface area contributed by atoms with Crippen LogP contribution < -0.4 is 0 Å². The van der Waals surface area contributed by atoms with E-state index in [1.165, 1.54) is 44.9 Å². The number of rotatable bonds is 34. The third-order valence-electron chi connectivity index (χ3n) is 9.22. The maximum atomic E-state index is 13.0. The molecule has 0 aromatic rings. The van der Waals surface area contributed by atoms with Gasteiger partial charge in [0.15, 0.2) is 6.10 Å². The number of phosphoric ester groups is 3. The van der Waals surface area contributed by atoms with Crippen LogP contribution in [0, 0.1) is 0 Å². The third-order valence-corrected chi connectivity index (χ3v) is 11.6. The molecule has 1 rings (SSSR count). The fourth-order valence-electron chi connectivity index (χ4n) is 6.21. The van der Waals surface area contributed by atoms with Crippen molar-refractivity contribution in [2.75, 3.05) is 19.0 Å². The molecule has 0 aromatic heterocycles. The lowest BCUT2D eigenvalue weighted by Gasteiger charge is -2.44. The predicted octanol–water partition coefficient (Wildman–Crippen LogP) is 5.14. The number of unbranched alkanes of at least 4 members (excludes halogenated alkanes) is 17. The molecule has 23 heteroatoms. The molecule has 19 nitrogen and oxygen atoms in total. The first-order valence-corrected chi connectivity index (χ1v) is 25.1. The highest BCUT2D eigenvalue weighted by molar-refractivity contribution is 7.80. The quantitative estimate of drug-likeness (QED) is 0.0175. The normalized spacial score (nSPS) is 23.2. The molecule has 8 atom stereocenters. The summed E-state index contributed by atoms with van der Waals surface area (Å²) in [6, 6.07) is 0. The first-order valence-electron chi connectivity index (χ1n) is 19.9. The zero-order chi connectivity index (χ0) is 42.9. The summed E-state index contributed by atoms with van der Waals surface area (Å²) < 4.78 is 65.0. The summed E-state index contributed by atoms with van der Waals surface area (Å²) in [7, 11) is -16.6. The summed E-state index contributed by atoms with van der Waals surface area (Å²) in [6.45, 7) is 0.688. The largest absolute Gasteiger partial charge is 0.472 e. The molecule has 0 aliphatic heterocycles. The Bertz CT molecular complexity index is 1210. The minimum absolute atomic E-state index is 0.00653. The molecule has 8 N–H and O–H groups in total. The van der Waals surface area contributed by atoms with Gasteiger partial charge in [-0.2, -0.15) is 12.6 Å². The molecular formula is C34H67O19P3S. The highest BCUT2D eigenvalue weighted by atomic mass is 32.1. The van der Waals surface area contributed by atoms with Gasteiger partial charge >= 0.3 is 35.4 Å². The Hall–Kier alpha value is -0.500. The van der Waals surface area contributed by atoms with Gasteiger partial charge in [0.1, 0.15) is 43.2 Å². The monoisotopic (exact) mass is 904 g/mol. The Kier molecular flexibility index (Phi) is 28.4. The number of aliphatic hydroxyl groups is 3. The van der Waals surface area contributed by atoms with Crippen molar-refractivity contribution in [1.82, 2.24) is 0 Å². The summed E-state index contributed by atoms with van der Waals surface area (Å²) in [5, 5.41) is 31.7. The molecule has 0 heterocycles. The average molecular weight is 905 g/mol. The second-order valence-electron chi connectivity index (χ2n) is 14.3. The van der Waals surface area contributed by atoms with Crippen LogP contribution in [0.5, 0.6) is 0 Å². The predicted molar refractivity (Wildman–Crippen MR) is 210 cm³/mol. The summed E-state index contributed by atoms with van der Waals surface area (Å²) in [4.78, 5) is 72.6. The first kappa shape index (κ1) is 54.5. The van der Waals surface area contributed by atoms with Gasteiger partial charge in [0.05, 0.1) is 6.61 Å². The van der Waals surface area contributed by atoms with Gasteiger partial charge in [0, 0.05) is 12.8 Å². The number of esters is 2. The number of hydrogen-bond donors (Lipinski definition) is 9. The van der Waals surface area contributed by atoms with Crippen molar-refractivity contribution < 1.29 is 90.6 Å². The lowest BCUT2D eigenvalue weighted by molar-refractivity contribution is -0.213. The lowest BCUT2D eigenvalue weighted by atomic mass is 9.85. The van der Waals surface area contributed by atoms with Crippen LogP contribution >= 0.6 is 36.1 Å². The van der Waals surface area contributed by atoms with Crippen LogP contribution in [0.3, 0.4) is 0 Å². The van der Waals surface area contributed by atoms with E-state index in [2.05, 4.69) is 28.6 Å². The van der Waals surface area contributed by atoms with Gasteiger partial charge in [0.25, 0.3) is 0 Å². The van der Waals surface area contributed by atoms with E-state index in [0.717, 1.165) is 70.0 Å². The van der Waals surface area contributed by atoms with Crippen molar-refractivity contribution in [2.45, 2.75) is 184 Å². The molecule has 0 saturated heterocycles. The minimum Gasteiger partial charge on any atom is -0.462 e. The zero-order valence-electron chi connectivity index (χ0n) is 32.9. The Morgan fingerprint density at radius 2 is 0.912 bits per heavy atom. The van der Waals surface area contributed by atoms with Crippen molar-refractivity contribution in [3.63, 3.8) is 0 Å². The third kappa shape index (κ3) is 26.4. The summed E-state index contributed by atoms with van der Waals surface area (Å²) >= 11 is 4.18. The first-order chi connectivity index (χ1) is 26.8. The highest BCUT2D eigenvalue weighted by Crippen LogP contribution is 2.51. The van der Waals surface area contributed by atoms with Gasteiger partial charge in [0.2, 0.25) is 0 Å². The van der Waals surface area contributed by atoms with Crippen molar-refractivity contribution >= 4 is 48.0 Å². The van der Waals surface area contributed by atoms with Crippen LogP contribution in [0.1, 0.15) is 142 Å². The average Bonchev–Trinajstić information content (AvgIpc) is 3.12. The number of carbonyl (C=O) groups is 2. The molecule has 57 heavy (non-hydrogen) atoms. The van der Waals surface area contributed by atoms with Crippen LogP contribution in [0.2, 0.25) is 0 Å². The van der Waals surface area contributed by atoms with E-state index in [1.54, 1.807) is 0 Å². The number of thiol groups is 1. The van der Waals surface area contributed by atoms with Crippen molar-refractivity contribution in [3.8, 4) is 0 Å². The smallest absolute Gasteiger partial charge is 0.462 e. The number of ether oxygens (including phenoxy) is 2. The topological polar surface area (TPSA) is 303 Å². The fourth-order valence-corrected chi connectivity index (χ4v) is 8.54. The molecule has 1 aliphatic carbocycles. The van der Waals surface area contributed by atoms with Gasteiger partial charge in [-0.1, -0.05) is 110 Å². The van der Waals surface area contributed by atoms with Gasteiger partial charge in [-0.3, -0.25) is 27.7 Å². The number of carbonyl (C=O) groups excluding carboxylic acids is 2. The van der Waals surface area contributed by atoms with Crippen molar-refractivity contribution in [1.29, 1.82) is 0 Å². The SMILES string of the molecule is CCCCCCCCCCCCCCCC(=O)O[C@H](COC(=O)CCCCCCCCS)COP(=O)(O)OC1C(O)[C@@H](OP(=O)(O)O)C(O)[C@@H](OP(=O)(O)O)[C@H]1O. The maximum Gasteiger partial charge on any atom is 0.472 e. The van der Waals surface area contributed by atoms with E-state index >= 15 is 0 Å². The molecule has 1 fully saturated rings. The Morgan fingerprint density at radius 3 is 1.32 bits per heavy atom. The van der Waals surface area contributed by atoms with Crippen LogP contribution in [0.4, 0.5) is 0 Å². The second-order valence-corrected chi connectivity index (χ2v) is 18.5. The van der Waals surface area contributed by atoms with E-state index < -0.39 is 91.3 Å². The molecule has 0 radical (unpaired) electrons. The number of aliphatic hydroxyl groups excluding tert-OH is 3. The summed E-state index contributed by atoms with van der Waals surface area (Å²) in [5.41, 5.74) is 0. The standard InChI is InChI=1S/C34H67O19P3S/c1-2-3-4-5-6-7-8-9-10-11-12-16-19-22-28(36)50-26(24-48-27(35)21-18-15-13-14-17-20-23-57)25-49-56(46,47)53-34-30(38)32(51-54(40,41)42)29(37)33(31(34)39)52-55(43,44)45/h26,29-34,37-39,57H,2-25H2,1H3,(H,46,47)(H2,40,41,42)(H2,43,44,45)/t26-,29?,30-,31?,32-,33+,34?/m1/s1. The molecule has 0 amide bonds. The van der Waals surface area contributed by atoms with Crippen LogP contribution in [0.15, 0.2) is 0 Å².